The molecular weight excluding hydrogens is 370 g/mol. The maximum Gasteiger partial charge on any atom is 0.263 e. The Hall–Kier alpha value is -2.57. The topological polar surface area (TPSA) is 71.1 Å². The summed E-state index contributed by atoms with van der Waals surface area (Å²) in [6, 6.07) is 17.4. The molecule has 0 saturated carbocycles. The molecule has 0 spiro atoms. The third-order valence-electron chi connectivity index (χ3n) is 3.78. The molecule has 0 unspecified atom stereocenters. The summed E-state index contributed by atoms with van der Waals surface area (Å²) in [5.41, 5.74) is 2.68. The smallest absolute Gasteiger partial charge is 0.263 e. The largest absolute Gasteiger partial charge is 0.354 e. The molecule has 26 heavy (non-hydrogen) atoms. The second kappa shape index (κ2) is 7.76. The Morgan fingerprint density at radius 3 is 2.15 bits per heavy atom. The Kier molecular flexibility index (Phi) is 5.44. The van der Waals surface area contributed by atoms with Crippen molar-refractivity contribution in [2.24, 2.45) is 0 Å². The lowest BCUT2D eigenvalue weighted by atomic mass is 10.2. The quantitative estimate of drug-likeness (QED) is 0.634. The van der Waals surface area contributed by atoms with Crippen LogP contribution in [0.1, 0.15) is 12.5 Å². The molecular formula is C19H18ClN3O2S. The van der Waals surface area contributed by atoms with Gasteiger partial charge in [0.1, 0.15) is 5.82 Å². The van der Waals surface area contributed by atoms with E-state index in [9.17, 15) is 8.42 Å². The molecule has 2 N–H and O–H groups in total. The predicted molar refractivity (Wildman–Crippen MR) is 106 cm³/mol. The summed E-state index contributed by atoms with van der Waals surface area (Å²) in [7, 11) is -3.66. The number of nitrogens with one attached hydrogen (secondary N) is 2. The maximum absolute atomic E-state index is 12.4. The summed E-state index contributed by atoms with van der Waals surface area (Å²) in [6.07, 6.45) is 2.42. The van der Waals surface area contributed by atoms with E-state index in [4.69, 9.17) is 11.6 Å². The van der Waals surface area contributed by atoms with Gasteiger partial charge in [-0.2, -0.15) is 0 Å². The van der Waals surface area contributed by atoms with Crippen LogP contribution in [0.15, 0.2) is 71.8 Å². The zero-order valence-corrected chi connectivity index (χ0v) is 15.7. The van der Waals surface area contributed by atoms with Gasteiger partial charge in [0.15, 0.2) is 0 Å². The van der Waals surface area contributed by atoms with E-state index in [1.807, 2.05) is 19.1 Å². The van der Waals surface area contributed by atoms with Gasteiger partial charge in [-0.05, 0) is 60.5 Å². The highest BCUT2D eigenvalue weighted by molar-refractivity contribution is 7.92. The molecule has 5 nitrogen and oxygen atoms in total. The highest BCUT2D eigenvalue weighted by Crippen LogP contribution is 2.20. The lowest BCUT2D eigenvalue weighted by molar-refractivity contribution is 0.601. The standard InChI is InChI=1S/C19H18ClN3O2S/c1-2-14-3-10-18(11-4-14)26(24,25)23-19-12-9-17(13-21-19)22-16-7-5-15(20)6-8-16/h3-13,22H,2H2,1H3,(H,21,23). The van der Waals surface area contributed by atoms with Crippen LogP contribution in [0.25, 0.3) is 0 Å². The van der Waals surface area contributed by atoms with Gasteiger partial charge in [0.25, 0.3) is 10.0 Å². The SMILES string of the molecule is CCc1ccc(S(=O)(=O)Nc2ccc(Nc3ccc(Cl)cc3)cn2)cc1. The van der Waals surface area contributed by atoms with Gasteiger partial charge in [-0.3, -0.25) is 4.72 Å². The van der Waals surface area contributed by atoms with Crippen LogP contribution in [0.5, 0.6) is 0 Å². The second-order valence-corrected chi connectivity index (χ2v) is 7.79. The van der Waals surface area contributed by atoms with Crippen molar-refractivity contribution in [3.8, 4) is 0 Å². The summed E-state index contributed by atoms with van der Waals surface area (Å²) in [4.78, 5) is 4.37. The normalized spacial score (nSPS) is 11.2. The minimum absolute atomic E-state index is 0.208. The molecule has 0 bridgehead atoms. The first kappa shape index (κ1) is 18.2. The number of hydrogen-bond donors (Lipinski definition) is 2. The van der Waals surface area contributed by atoms with Crippen molar-refractivity contribution in [2.45, 2.75) is 18.2 Å². The molecule has 0 aliphatic heterocycles. The van der Waals surface area contributed by atoms with Crippen LogP contribution in [0.2, 0.25) is 5.02 Å². The lowest BCUT2D eigenvalue weighted by Gasteiger charge is -2.10. The van der Waals surface area contributed by atoms with Crippen LogP contribution in [0.4, 0.5) is 17.2 Å². The van der Waals surface area contributed by atoms with E-state index in [0.717, 1.165) is 23.4 Å². The maximum atomic E-state index is 12.4. The second-order valence-electron chi connectivity index (χ2n) is 5.67. The molecule has 1 aromatic heterocycles. The summed E-state index contributed by atoms with van der Waals surface area (Å²) in [6.45, 7) is 2.02. The molecule has 0 aliphatic carbocycles. The highest BCUT2D eigenvalue weighted by atomic mass is 35.5. The van der Waals surface area contributed by atoms with E-state index in [1.54, 1.807) is 54.7 Å². The number of halogens is 1. The van der Waals surface area contributed by atoms with Crippen LogP contribution in [0, 0.1) is 0 Å². The molecule has 1 heterocycles. The van der Waals surface area contributed by atoms with Gasteiger partial charge in [0.05, 0.1) is 16.8 Å². The predicted octanol–water partition coefficient (Wildman–Crippen LogP) is 4.84. The minimum Gasteiger partial charge on any atom is -0.354 e. The number of anilines is 3. The van der Waals surface area contributed by atoms with Crippen molar-refractivity contribution >= 4 is 38.8 Å². The number of benzene rings is 2. The molecule has 0 saturated heterocycles. The third kappa shape index (κ3) is 4.53. The van der Waals surface area contributed by atoms with E-state index in [-0.39, 0.29) is 10.7 Å². The Morgan fingerprint density at radius 1 is 0.923 bits per heavy atom. The Balaban J connectivity index is 1.70. The first-order chi connectivity index (χ1) is 12.5. The van der Waals surface area contributed by atoms with E-state index in [1.165, 1.54) is 0 Å². The summed E-state index contributed by atoms with van der Waals surface area (Å²) >= 11 is 5.86. The first-order valence-corrected chi connectivity index (χ1v) is 9.93. The molecule has 134 valence electrons. The monoisotopic (exact) mass is 387 g/mol. The lowest BCUT2D eigenvalue weighted by Crippen LogP contribution is -2.13. The van der Waals surface area contributed by atoms with E-state index in [2.05, 4.69) is 15.0 Å². The molecule has 0 fully saturated rings. The number of sulfonamides is 1. The molecule has 3 aromatic rings. The Morgan fingerprint density at radius 2 is 1.58 bits per heavy atom. The van der Waals surface area contributed by atoms with E-state index in [0.29, 0.717) is 5.02 Å². The van der Waals surface area contributed by atoms with Crippen molar-refractivity contribution in [3.05, 3.63) is 77.4 Å². The van der Waals surface area contributed by atoms with E-state index < -0.39 is 10.0 Å². The van der Waals surface area contributed by atoms with Gasteiger partial charge in [0, 0.05) is 10.7 Å². The van der Waals surface area contributed by atoms with Crippen LogP contribution in [0.3, 0.4) is 0 Å². The molecule has 0 radical (unpaired) electrons. The number of nitrogens with zero attached hydrogens (tertiary/aromatic N) is 1. The molecule has 3 rings (SSSR count). The average molecular weight is 388 g/mol. The van der Waals surface area contributed by atoms with Gasteiger partial charge in [-0.25, -0.2) is 13.4 Å². The molecule has 2 aromatic carbocycles. The van der Waals surface area contributed by atoms with Crippen molar-refractivity contribution in [1.82, 2.24) is 4.98 Å². The summed E-state index contributed by atoms with van der Waals surface area (Å²) < 4.78 is 27.3. The van der Waals surface area contributed by atoms with E-state index >= 15 is 0 Å². The Bertz CT molecular complexity index is 971. The highest BCUT2D eigenvalue weighted by Gasteiger charge is 2.14. The average Bonchev–Trinajstić information content (AvgIpc) is 2.65. The minimum atomic E-state index is -3.66. The van der Waals surface area contributed by atoms with Crippen molar-refractivity contribution in [1.29, 1.82) is 0 Å². The number of aryl methyl sites for hydroxylation is 1. The molecule has 0 amide bonds. The fraction of sp³-hybridized carbons (Fsp3) is 0.105. The van der Waals surface area contributed by atoms with Gasteiger partial charge in [0.2, 0.25) is 0 Å². The number of pyridine rings is 1. The van der Waals surface area contributed by atoms with Gasteiger partial charge in [-0.15, -0.1) is 0 Å². The van der Waals surface area contributed by atoms with Crippen LogP contribution in [-0.2, 0) is 16.4 Å². The molecule has 7 heteroatoms. The van der Waals surface area contributed by atoms with Crippen molar-refractivity contribution in [2.75, 3.05) is 10.0 Å². The number of rotatable bonds is 6. The third-order valence-corrected chi connectivity index (χ3v) is 5.40. The number of aromatic nitrogens is 1. The summed E-state index contributed by atoms with van der Waals surface area (Å²) in [5, 5.41) is 3.82. The zero-order valence-electron chi connectivity index (χ0n) is 14.1. The van der Waals surface area contributed by atoms with Gasteiger partial charge < -0.3 is 5.32 Å². The van der Waals surface area contributed by atoms with Crippen LogP contribution >= 0.6 is 11.6 Å². The van der Waals surface area contributed by atoms with Crippen molar-refractivity contribution < 1.29 is 8.42 Å². The zero-order chi connectivity index (χ0) is 18.6. The van der Waals surface area contributed by atoms with Gasteiger partial charge >= 0.3 is 0 Å². The number of hydrogen-bond acceptors (Lipinski definition) is 4. The van der Waals surface area contributed by atoms with Crippen LogP contribution < -0.4 is 10.0 Å². The fourth-order valence-corrected chi connectivity index (χ4v) is 3.46. The summed E-state index contributed by atoms with van der Waals surface area (Å²) in [5.74, 6) is 0.256. The van der Waals surface area contributed by atoms with Gasteiger partial charge in [-0.1, -0.05) is 30.7 Å². The molecule has 0 aliphatic rings. The van der Waals surface area contributed by atoms with Crippen LogP contribution in [-0.4, -0.2) is 13.4 Å². The Labute approximate surface area is 158 Å². The fourth-order valence-electron chi connectivity index (χ4n) is 2.33. The first-order valence-electron chi connectivity index (χ1n) is 8.07. The molecule has 0 atom stereocenters. The van der Waals surface area contributed by atoms with Crippen molar-refractivity contribution in [3.63, 3.8) is 0 Å².